The van der Waals surface area contributed by atoms with Gasteiger partial charge in [0.15, 0.2) is 0 Å². The van der Waals surface area contributed by atoms with Crippen LogP contribution in [0.3, 0.4) is 0 Å². The number of hydrogen-bond acceptors (Lipinski definition) is 4. The summed E-state index contributed by atoms with van der Waals surface area (Å²) in [6.45, 7) is 1.83. The van der Waals surface area contributed by atoms with Crippen molar-refractivity contribution in [3.05, 3.63) is 35.4 Å². The van der Waals surface area contributed by atoms with Crippen molar-refractivity contribution in [1.82, 2.24) is 9.88 Å². The molecule has 0 bridgehead atoms. The number of anilines is 1. The van der Waals surface area contributed by atoms with E-state index in [9.17, 15) is 9.59 Å². The average molecular weight is 391 g/mol. The third kappa shape index (κ3) is 5.01. The molecule has 1 saturated heterocycles. The van der Waals surface area contributed by atoms with Crippen LogP contribution in [-0.4, -0.2) is 53.2 Å². The molecule has 1 aromatic heterocycles. The summed E-state index contributed by atoms with van der Waals surface area (Å²) in [6, 6.07) is 9.71. The standard InChI is InChI=1S/C19H23ClN4O3/c20-15-2-3-16-14(11-15)1-4-18(22-16)23-8-5-13(6-9-23)7-10-24(19(26)27)12-17(21)25/h1-4,11,13H,5-10,12H2,(H2,21,25)(H,26,27). The fourth-order valence-corrected chi connectivity index (χ4v) is 3.66. The molecule has 3 N–H and O–H groups in total. The monoisotopic (exact) mass is 390 g/mol. The Labute approximate surface area is 162 Å². The van der Waals surface area contributed by atoms with E-state index in [1.54, 1.807) is 0 Å². The van der Waals surface area contributed by atoms with Crippen LogP contribution >= 0.6 is 11.6 Å². The number of carbonyl (C=O) groups excluding carboxylic acids is 1. The number of carboxylic acid groups (broad SMARTS) is 1. The Bertz CT molecular complexity index is 837. The number of fused-ring (bicyclic) bond motifs is 1. The van der Waals surface area contributed by atoms with Crippen molar-refractivity contribution in [1.29, 1.82) is 0 Å². The summed E-state index contributed by atoms with van der Waals surface area (Å²) in [5.41, 5.74) is 6.02. The predicted molar refractivity (Wildman–Crippen MR) is 105 cm³/mol. The van der Waals surface area contributed by atoms with Crippen LogP contribution < -0.4 is 10.6 Å². The van der Waals surface area contributed by atoms with Crippen LogP contribution in [0.15, 0.2) is 30.3 Å². The molecule has 8 heteroatoms. The zero-order chi connectivity index (χ0) is 19.4. The van der Waals surface area contributed by atoms with Crippen LogP contribution in [-0.2, 0) is 4.79 Å². The predicted octanol–water partition coefficient (Wildman–Crippen LogP) is 2.96. The molecule has 2 aromatic rings. The molecule has 1 aromatic carbocycles. The van der Waals surface area contributed by atoms with Crippen molar-refractivity contribution >= 4 is 40.3 Å². The number of aromatic nitrogens is 1. The Kier molecular flexibility index (Phi) is 6.01. The lowest BCUT2D eigenvalue weighted by molar-refractivity contribution is -0.118. The highest BCUT2D eigenvalue weighted by molar-refractivity contribution is 6.31. The molecule has 1 aliphatic rings. The van der Waals surface area contributed by atoms with Crippen molar-refractivity contribution in [2.75, 3.05) is 31.1 Å². The van der Waals surface area contributed by atoms with Gasteiger partial charge in [-0.25, -0.2) is 9.78 Å². The lowest BCUT2D eigenvalue weighted by Crippen LogP contribution is -2.40. The summed E-state index contributed by atoms with van der Waals surface area (Å²) in [5.74, 6) is 0.746. The first-order valence-electron chi connectivity index (χ1n) is 9.00. The van der Waals surface area contributed by atoms with E-state index in [1.807, 2.05) is 30.3 Å². The van der Waals surface area contributed by atoms with Crippen molar-refractivity contribution in [3.63, 3.8) is 0 Å². The molecule has 0 unspecified atom stereocenters. The topological polar surface area (TPSA) is 99.8 Å². The highest BCUT2D eigenvalue weighted by Crippen LogP contribution is 2.26. The van der Waals surface area contributed by atoms with E-state index in [0.717, 1.165) is 54.0 Å². The van der Waals surface area contributed by atoms with Gasteiger partial charge in [-0.15, -0.1) is 0 Å². The molecule has 3 rings (SSSR count). The first-order chi connectivity index (χ1) is 12.9. The van der Waals surface area contributed by atoms with Gasteiger partial charge in [-0.1, -0.05) is 11.6 Å². The number of rotatable bonds is 6. The molecule has 2 amide bonds. The molecule has 0 saturated carbocycles. The molecular weight excluding hydrogens is 368 g/mol. The molecule has 1 fully saturated rings. The molecule has 0 spiro atoms. The maximum Gasteiger partial charge on any atom is 0.407 e. The van der Waals surface area contributed by atoms with E-state index in [4.69, 9.17) is 27.4 Å². The maximum absolute atomic E-state index is 11.2. The van der Waals surface area contributed by atoms with Crippen LogP contribution in [0.5, 0.6) is 0 Å². The Morgan fingerprint density at radius 2 is 2.00 bits per heavy atom. The minimum Gasteiger partial charge on any atom is -0.465 e. The van der Waals surface area contributed by atoms with Gasteiger partial charge < -0.3 is 15.7 Å². The molecule has 0 radical (unpaired) electrons. The summed E-state index contributed by atoms with van der Waals surface area (Å²) in [6.07, 6.45) is 1.55. The molecule has 0 aliphatic carbocycles. The van der Waals surface area contributed by atoms with Crippen LogP contribution in [0.4, 0.5) is 10.6 Å². The zero-order valence-corrected chi connectivity index (χ0v) is 15.7. The second-order valence-electron chi connectivity index (χ2n) is 6.90. The second kappa shape index (κ2) is 8.43. The van der Waals surface area contributed by atoms with Gasteiger partial charge in [0, 0.05) is 30.0 Å². The minimum absolute atomic E-state index is 0.251. The highest BCUT2D eigenvalue weighted by atomic mass is 35.5. The van der Waals surface area contributed by atoms with E-state index in [1.165, 1.54) is 0 Å². The number of amides is 2. The SMILES string of the molecule is NC(=O)CN(CCC1CCN(c2ccc3cc(Cl)ccc3n2)CC1)C(=O)O. The van der Waals surface area contributed by atoms with E-state index in [2.05, 4.69) is 4.90 Å². The number of benzene rings is 1. The lowest BCUT2D eigenvalue weighted by atomic mass is 9.93. The number of nitrogens with zero attached hydrogens (tertiary/aromatic N) is 3. The molecule has 144 valence electrons. The second-order valence-corrected chi connectivity index (χ2v) is 7.33. The molecule has 7 nitrogen and oxygen atoms in total. The van der Waals surface area contributed by atoms with Crippen LogP contribution in [0.1, 0.15) is 19.3 Å². The number of halogens is 1. The third-order valence-corrected chi connectivity index (χ3v) is 5.23. The smallest absolute Gasteiger partial charge is 0.407 e. The number of pyridine rings is 1. The van der Waals surface area contributed by atoms with E-state index < -0.39 is 12.0 Å². The van der Waals surface area contributed by atoms with E-state index in [-0.39, 0.29) is 6.54 Å². The van der Waals surface area contributed by atoms with Gasteiger partial charge in [0.05, 0.1) is 5.52 Å². The molecular formula is C19H23ClN4O3. The summed E-state index contributed by atoms with van der Waals surface area (Å²) in [7, 11) is 0. The van der Waals surface area contributed by atoms with Crippen LogP contribution in [0.2, 0.25) is 5.02 Å². The minimum atomic E-state index is -1.10. The first kappa shape index (κ1) is 19.2. The van der Waals surface area contributed by atoms with Gasteiger partial charge in [0.25, 0.3) is 0 Å². The Morgan fingerprint density at radius 1 is 1.26 bits per heavy atom. The van der Waals surface area contributed by atoms with Gasteiger partial charge in [-0.05, 0) is 55.5 Å². The quantitative estimate of drug-likeness (QED) is 0.789. The van der Waals surface area contributed by atoms with Crippen molar-refractivity contribution < 1.29 is 14.7 Å². The Morgan fingerprint density at radius 3 is 2.67 bits per heavy atom. The van der Waals surface area contributed by atoms with Gasteiger partial charge in [-0.2, -0.15) is 0 Å². The van der Waals surface area contributed by atoms with Crippen LogP contribution in [0, 0.1) is 5.92 Å². The Hall–Kier alpha value is -2.54. The fraction of sp³-hybridized carbons (Fsp3) is 0.421. The average Bonchev–Trinajstić information content (AvgIpc) is 2.64. The molecule has 27 heavy (non-hydrogen) atoms. The molecule has 2 heterocycles. The van der Waals surface area contributed by atoms with Gasteiger partial charge in [-0.3, -0.25) is 9.69 Å². The third-order valence-electron chi connectivity index (χ3n) is 5.00. The summed E-state index contributed by atoms with van der Waals surface area (Å²) in [4.78, 5) is 30.2. The number of hydrogen-bond donors (Lipinski definition) is 2. The zero-order valence-electron chi connectivity index (χ0n) is 15.0. The summed E-state index contributed by atoms with van der Waals surface area (Å²) >= 11 is 6.02. The lowest BCUT2D eigenvalue weighted by Gasteiger charge is -2.33. The summed E-state index contributed by atoms with van der Waals surface area (Å²) in [5, 5.41) is 10.9. The van der Waals surface area contributed by atoms with Crippen molar-refractivity contribution in [2.45, 2.75) is 19.3 Å². The van der Waals surface area contributed by atoms with Gasteiger partial charge >= 0.3 is 6.09 Å². The maximum atomic E-state index is 11.2. The number of primary amides is 1. The van der Waals surface area contributed by atoms with Crippen molar-refractivity contribution in [2.24, 2.45) is 11.7 Å². The fourth-order valence-electron chi connectivity index (χ4n) is 3.48. The molecule has 1 aliphatic heterocycles. The van der Waals surface area contributed by atoms with E-state index in [0.29, 0.717) is 17.5 Å². The van der Waals surface area contributed by atoms with Crippen LogP contribution in [0.25, 0.3) is 10.9 Å². The number of piperidine rings is 1. The highest BCUT2D eigenvalue weighted by Gasteiger charge is 2.22. The first-order valence-corrected chi connectivity index (χ1v) is 9.37. The summed E-state index contributed by atoms with van der Waals surface area (Å²) < 4.78 is 0. The van der Waals surface area contributed by atoms with E-state index >= 15 is 0 Å². The van der Waals surface area contributed by atoms with Gasteiger partial charge in [0.2, 0.25) is 5.91 Å². The Balaban J connectivity index is 1.55. The number of nitrogens with two attached hydrogens (primary N) is 1. The normalized spacial score (nSPS) is 15.1. The van der Waals surface area contributed by atoms with Gasteiger partial charge in [0.1, 0.15) is 12.4 Å². The number of carbonyl (C=O) groups is 2. The largest absolute Gasteiger partial charge is 0.465 e. The molecule has 0 atom stereocenters. The van der Waals surface area contributed by atoms with Crippen molar-refractivity contribution in [3.8, 4) is 0 Å².